The fourth-order valence-corrected chi connectivity index (χ4v) is 2.50. The molecule has 1 unspecified atom stereocenters. The summed E-state index contributed by atoms with van der Waals surface area (Å²) in [6.07, 6.45) is -6.06. The van der Waals surface area contributed by atoms with Gasteiger partial charge in [-0.3, -0.25) is 4.79 Å². The van der Waals surface area contributed by atoms with Crippen molar-refractivity contribution >= 4 is 34.8 Å². The number of aryl methyl sites for hydroxylation is 1. The summed E-state index contributed by atoms with van der Waals surface area (Å²) in [4.78, 5) is 22.9. The second kappa shape index (κ2) is 6.94. The van der Waals surface area contributed by atoms with Crippen molar-refractivity contribution < 1.29 is 27.9 Å². The molecule has 1 amide bonds. The van der Waals surface area contributed by atoms with Crippen molar-refractivity contribution in [1.82, 2.24) is 5.32 Å². The van der Waals surface area contributed by atoms with Gasteiger partial charge in [-0.15, -0.1) is 11.3 Å². The summed E-state index contributed by atoms with van der Waals surface area (Å²) in [6, 6.07) is -0.321. The molecule has 1 rings (SSSR count). The second-order valence-corrected chi connectivity index (χ2v) is 5.44. The highest BCUT2D eigenvalue weighted by Gasteiger charge is 2.36. The average molecular weight is 330 g/mol. The molecule has 1 aromatic heterocycles. The van der Waals surface area contributed by atoms with E-state index < -0.39 is 30.5 Å². The molecule has 0 radical (unpaired) electrons. The van der Waals surface area contributed by atoms with Gasteiger partial charge in [0.1, 0.15) is 6.04 Å². The number of carbonyl (C=O) groups excluding carboxylic acids is 1. The Hall–Kier alpha value is -1.28. The summed E-state index contributed by atoms with van der Waals surface area (Å²) in [5.74, 6) is -2.46. The van der Waals surface area contributed by atoms with Crippen LogP contribution in [0.4, 0.5) is 13.2 Å². The summed E-state index contributed by atoms with van der Waals surface area (Å²) in [7, 11) is 0. The van der Waals surface area contributed by atoms with Gasteiger partial charge in [-0.25, -0.2) is 4.79 Å². The lowest BCUT2D eigenvalue weighted by Crippen LogP contribution is -2.43. The molecular weight excluding hydrogens is 319 g/mol. The van der Waals surface area contributed by atoms with E-state index in [1.54, 1.807) is 11.4 Å². The van der Waals surface area contributed by atoms with Gasteiger partial charge in [-0.1, -0.05) is 11.6 Å². The number of hydrogen-bond donors (Lipinski definition) is 2. The minimum atomic E-state index is -4.66. The predicted molar refractivity (Wildman–Crippen MR) is 67.9 cm³/mol. The third kappa shape index (κ3) is 6.25. The monoisotopic (exact) mass is 329 g/mol. The van der Waals surface area contributed by atoms with Crippen LogP contribution in [0.3, 0.4) is 0 Å². The lowest BCUT2D eigenvalue weighted by atomic mass is 10.2. The van der Waals surface area contributed by atoms with Crippen LogP contribution in [0.1, 0.15) is 17.7 Å². The summed E-state index contributed by atoms with van der Waals surface area (Å²) in [5, 5.41) is 12.7. The molecule has 0 saturated heterocycles. The Morgan fingerprint density at radius 3 is 2.55 bits per heavy atom. The first-order valence-corrected chi connectivity index (χ1v) is 6.75. The van der Waals surface area contributed by atoms with E-state index in [4.69, 9.17) is 16.7 Å². The number of halogens is 4. The number of aliphatic carboxylic acids is 1. The lowest BCUT2D eigenvalue weighted by Gasteiger charge is -2.16. The highest BCUT2D eigenvalue weighted by Crippen LogP contribution is 2.22. The largest absolute Gasteiger partial charge is 0.480 e. The molecule has 0 saturated carbocycles. The van der Waals surface area contributed by atoms with Gasteiger partial charge in [0, 0.05) is 16.7 Å². The number of carboxylic acids is 1. The fraction of sp³-hybridized carbons (Fsp3) is 0.455. The summed E-state index contributed by atoms with van der Waals surface area (Å²) < 4.78 is 36.4. The first-order valence-electron chi connectivity index (χ1n) is 5.49. The van der Waals surface area contributed by atoms with Crippen LogP contribution in [0.2, 0.25) is 5.02 Å². The topological polar surface area (TPSA) is 66.4 Å². The SMILES string of the molecule is O=C(CCc1cc(Cl)cs1)NC(CC(F)(F)F)C(=O)O. The number of amides is 1. The van der Waals surface area contributed by atoms with E-state index in [1.165, 1.54) is 11.3 Å². The maximum absolute atomic E-state index is 12.1. The Balaban J connectivity index is 2.48. The van der Waals surface area contributed by atoms with E-state index >= 15 is 0 Å². The summed E-state index contributed by atoms with van der Waals surface area (Å²) in [5.41, 5.74) is 0. The Labute approximate surface area is 121 Å². The molecule has 1 atom stereocenters. The third-order valence-electron chi connectivity index (χ3n) is 2.29. The van der Waals surface area contributed by atoms with Crippen LogP contribution in [-0.4, -0.2) is 29.2 Å². The molecule has 9 heteroatoms. The van der Waals surface area contributed by atoms with E-state index in [9.17, 15) is 22.8 Å². The average Bonchev–Trinajstić information content (AvgIpc) is 2.70. The predicted octanol–water partition coefficient (Wildman–Crippen LogP) is 2.86. The molecule has 1 heterocycles. The molecule has 0 spiro atoms. The Morgan fingerprint density at radius 2 is 2.10 bits per heavy atom. The number of alkyl halides is 3. The summed E-state index contributed by atoms with van der Waals surface area (Å²) in [6.45, 7) is 0. The number of rotatable bonds is 6. The van der Waals surface area contributed by atoms with Gasteiger partial charge < -0.3 is 10.4 Å². The Kier molecular flexibility index (Phi) is 5.82. The van der Waals surface area contributed by atoms with E-state index in [0.717, 1.165) is 4.88 Å². The van der Waals surface area contributed by atoms with Crippen molar-refractivity contribution in [2.45, 2.75) is 31.5 Å². The van der Waals surface area contributed by atoms with Crippen molar-refractivity contribution in [3.05, 3.63) is 21.3 Å². The van der Waals surface area contributed by atoms with Crippen LogP contribution < -0.4 is 5.32 Å². The van der Waals surface area contributed by atoms with E-state index in [0.29, 0.717) is 11.4 Å². The molecule has 20 heavy (non-hydrogen) atoms. The van der Waals surface area contributed by atoms with Crippen molar-refractivity contribution in [2.75, 3.05) is 0 Å². The van der Waals surface area contributed by atoms with Crippen LogP contribution in [0.5, 0.6) is 0 Å². The minimum absolute atomic E-state index is 0.0987. The number of hydrogen-bond acceptors (Lipinski definition) is 3. The van der Waals surface area contributed by atoms with Crippen molar-refractivity contribution in [1.29, 1.82) is 0 Å². The van der Waals surface area contributed by atoms with Crippen molar-refractivity contribution in [3.63, 3.8) is 0 Å². The van der Waals surface area contributed by atoms with Crippen LogP contribution >= 0.6 is 22.9 Å². The first-order chi connectivity index (χ1) is 9.17. The van der Waals surface area contributed by atoms with Crippen LogP contribution in [0.25, 0.3) is 0 Å². The van der Waals surface area contributed by atoms with E-state index in [2.05, 4.69) is 0 Å². The van der Waals surface area contributed by atoms with Crippen LogP contribution in [0.15, 0.2) is 11.4 Å². The lowest BCUT2D eigenvalue weighted by molar-refractivity contribution is -0.160. The molecule has 0 aliphatic rings. The van der Waals surface area contributed by atoms with Gasteiger partial charge >= 0.3 is 12.1 Å². The third-order valence-corrected chi connectivity index (χ3v) is 3.63. The quantitative estimate of drug-likeness (QED) is 0.843. The zero-order chi connectivity index (χ0) is 15.3. The highest BCUT2D eigenvalue weighted by molar-refractivity contribution is 7.10. The molecule has 0 fully saturated rings. The zero-order valence-electron chi connectivity index (χ0n) is 10.0. The molecule has 4 nitrogen and oxygen atoms in total. The van der Waals surface area contributed by atoms with Gasteiger partial charge in [0.2, 0.25) is 5.91 Å². The maximum atomic E-state index is 12.1. The molecule has 112 valence electrons. The molecule has 1 aromatic rings. The molecule has 0 aliphatic heterocycles. The van der Waals surface area contributed by atoms with E-state index in [1.807, 2.05) is 5.32 Å². The second-order valence-electron chi connectivity index (χ2n) is 4.01. The highest BCUT2D eigenvalue weighted by atomic mass is 35.5. The molecule has 0 aromatic carbocycles. The van der Waals surface area contributed by atoms with Crippen LogP contribution in [-0.2, 0) is 16.0 Å². The van der Waals surface area contributed by atoms with Crippen molar-refractivity contribution in [2.24, 2.45) is 0 Å². The molecule has 0 bridgehead atoms. The van der Waals surface area contributed by atoms with Gasteiger partial charge in [0.15, 0.2) is 0 Å². The first kappa shape index (κ1) is 16.8. The van der Waals surface area contributed by atoms with Crippen molar-refractivity contribution in [3.8, 4) is 0 Å². The number of thiophene rings is 1. The molecule has 2 N–H and O–H groups in total. The zero-order valence-corrected chi connectivity index (χ0v) is 11.6. The van der Waals surface area contributed by atoms with Gasteiger partial charge in [0.05, 0.1) is 11.4 Å². The normalized spacial score (nSPS) is 13.0. The number of nitrogens with one attached hydrogen (secondary N) is 1. The number of carboxylic acid groups (broad SMARTS) is 1. The summed E-state index contributed by atoms with van der Waals surface area (Å²) >= 11 is 7.00. The Morgan fingerprint density at radius 1 is 1.45 bits per heavy atom. The molecular formula is C11H11ClF3NO3S. The Bertz CT molecular complexity index is 490. The number of carbonyl (C=O) groups is 2. The fourth-order valence-electron chi connectivity index (χ4n) is 1.42. The van der Waals surface area contributed by atoms with Gasteiger partial charge in [-0.05, 0) is 12.5 Å². The van der Waals surface area contributed by atoms with Crippen LogP contribution in [0, 0.1) is 0 Å². The van der Waals surface area contributed by atoms with Gasteiger partial charge in [0.25, 0.3) is 0 Å². The molecule has 0 aliphatic carbocycles. The smallest absolute Gasteiger partial charge is 0.391 e. The standard InChI is InChI=1S/C11H11ClF3NO3S/c12-6-3-7(20-5-6)1-2-9(17)16-8(10(18)19)4-11(13,14)15/h3,5,8H,1-2,4H2,(H,16,17)(H,18,19). The minimum Gasteiger partial charge on any atom is -0.480 e. The van der Waals surface area contributed by atoms with E-state index in [-0.39, 0.29) is 6.42 Å². The maximum Gasteiger partial charge on any atom is 0.391 e. The van der Waals surface area contributed by atoms with Gasteiger partial charge in [-0.2, -0.15) is 13.2 Å².